The first kappa shape index (κ1) is 30.4. The van der Waals surface area contributed by atoms with Crippen molar-refractivity contribution in [3.8, 4) is 0 Å². The number of unbranched alkanes of at least 4 members (excludes halogenated alkanes) is 1. The number of imide groups is 1. The molecule has 2 aliphatic rings. The molecule has 2 aromatic rings. The second kappa shape index (κ2) is 14.9. The standard InChI is InChI=1S/C30H40N4O4.ClH/c1-2-3-20-34-29(37)33(19-10-18-31-28(36)38-24-26-13-8-5-9-14-26)27(35)30(34)16-22-32(23-17-30)21-15-25-11-6-4-7-12-25;/h4-9,11-14H,2-3,10,15-24H2,1H3,(H,31,36);1H. The molecule has 212 valence electrons. The summed E-state index contributed by atoms with van der Waals surface area (Å²) in [5.74, 6) is -0.0760. The predicted octanol–water partition coefficient (Wildman–Crippen LogP) is 4.87. The molecule has 0 radical (unpaired) electrons. The Hall–Kier alpha value is -3.10. The van der Waals surface area contributed by atoms with Gasteiger partial charge in [-0.3, -0.25) is 9.69 Å². The molecule has 2 heterocycles. The Labute approximate surface area is 238 Å². The van der Waals surface area contributed by atoms with E-state index in [0.717, 1.165) is 44.5 Å². The number of hydrogen-bond acceptors (Lipinski definition) is 5. The van der Waals surface area contributed by atoms with Crippen molar-refractivity contribution in [3.05, 3.63) is 71.8 Å². The van der Waals surface area contributed by atoms with Crippen LogP contribution in [0.5, 0.6) is 0 Å². The Morgan fingerprint density at radius 3 is 2.18 bits per heavy atom. The highest BCUT2D eigenvalue weighted by Gasteiger charge is 2.57. The summed E-state index contributed by atoms with van der Waals surface area (Å²) < 4.78 is 5.24. The lowest BCUT2D eigenvalue weighted by Gasteiger charge is -2.42. The molecule has 0 bridgehead atoms. The maximum absolute atomic E-state index is 13.7. The van der Waals surface area contributed by atoms with E-state index in [1.165, 1.54) is 10.5 Å². The SMILES string of the molecule is CCCCN1C(=O)N(CCCNC(=O)OCc2ccccc2)C(=O)C12CCN(CCc1ccccc1)CC2.Cl. The Bertz CT molecular complexity index is 1060. The van der Waals surface area contributed by atoms with Gasteiger partial charge in [0.05, 0.1) is 0 Å². The average molecular weight is 557 g/mol. The number of carbonyl (C=O) groups excluding carboxylic acids is 3. The van der Waals surface area contributed by atoms with E-state index in [2.05, 4.69) is 41.4 Å². The van der Waals surface area contributed by atoms with Gasteiger partial charge in [0.15, 0.2) is 0 Å². The second-order valence-electron chi connectivity index (χ2n) is 10.2. The molecule has 9 heteroatoms. The van der Waals surface area contributed by atoms with Gasteiger partial charge in [0, 0.05) is 39.3 Å². The van der Waals surface area contributed by atoms with Crippen LogP contribution in [0.2, 0.25) is 0 Å². The maximum atomic E-state index is 13.7. The molecule has 2 aliphatic heterocycles. The van der Waals surface area contributed by atoms with Crippen LogP contribution < -0.4 is 5.32 Å². The minimum atomic E-state index is -0.739. The van der Waals surface area contributed by atoms with Crippen LogP contribution in [0.25, 0.3) is 0 Å². The molecular formula is C30H41ClN4O4. The normalized spacial score (nSPS) is 16.8. The van der Waals surface area contributed by atoms with Gasteiger partial charge in [-0.2, -0.15) is 0 Å². The van der Waals surface area contributed by atoms with Crippen LogP contribution in [0.15, 0.2) is 60.7 Å². The lowest BCUT2D eigenvalue weighted by atomic mass is 9.85. The van der Waals surface area contributed by atoms with Gasteiger partial charge < -0.3 is 19.9 Å². The van der Waals surface area contributed by atoms with Crippen molar-refractivity contribution < 1.29 is 19.1 Å². The van der Waals surface area contributed by atoms with E-state index in [1.807, 2.05) is 41.3 Å². The summed E-state index contributed by atoms with van der Waals surface area (Å²) in [5, 5.41) is 2.73. The van der Waals surface area contributed by atoms with Crippen molar-refractivity contribution in [2.75, 3.05) is 39.3 Å². The Morgan fingerprint density at radius 1 is 0.897 bits per heavy atom. The maximum Gasteiger partial charge on any atom is 0.407 e. The van der Waals surface area contributed by atoms with Crippen LogP contribution in [-0.4, -0.2) is 77.5 Å². The van der Waals surface area contributed by atoms with E-state index in [0.29, 0.717) is 38.9 Å². The predicted molar refractivity (Wildman–Crippen MR) is 154 cm³/mol. The van der Waals surface area contributed by atoms with Gasteiger partial charge in [-0.1, -0.05) is 74.0 Å². The van der Waals surface area contributed by atoms with E-state index < -0.39 is 11.6 Å². The molecule has 4 rings (SSSR count). The van der Waals surface area contributed by atoms with Crippen molar-refractivity contribution in [3.63, 3.8) is 0 Å². The molecule has 0 saturated carbocycles. The first-order chi connectivity index (χ1) is 18.5. The summed E-state index contributed by atoms with van der Waals surface area (Å²) in [6, 6.07) is 19.7. The fourth-order valence-corrected chi connectivity index (χ4v) is 5.37. The second-order valence-corrected chi connectivity index (χ2v) is 10.2. The molecular weight excluding hydrogens is 516 g/mol. The van der Waals surface area contributed by atoms with Crippen molar-refractivity contribution in [1.29, 1.82) is 0 Å². The Balaban J connectivity index is 0.00000420. The third kappa shape index (κ3) is 7.73. The number of rotatable bonds is 12. The van der Waals surface area contributed by atoms with Gasteiger partial charge in [-0.25, -0.2) is 9.59 Å². The van der Waals surface area contributed by atoms with Crippen LogP contribution in [-0.2, 0) is 22.6 Å². The molecule has 0 unspecified atom stereocenters. The molecule has 8 nitrogen and oxygen atoms in total. The number of urea groups is 1. The number of piperidine rings is 1. The van der Waals surface area contributed by atoms with Gasteiger partial charge in [-0.05, 0) is 43.2 Å². The zero-order valence-electron chi connectivity index (χ0n) is 22.8. The van der Waals surface area contributed by atoms with E-state index >= 15 is 0 Å². The van der Waals surface area contributed by atoms with E-state index in [1.54, 1.807) is 0 Å². The van der Waals surface area contributed by atoms with Crippen LogP contribution in [0, 0.1) is 0 Å². The molecule has 39 heavy (non-hydrogen) atoms. The van der Waals surface area contributed by atoms with Gasteiger partial charge in [-0.15, -0.1) is 12.4 Å². The third-order valence-corrected chi connectivity index (χ3v) is 7.64. The molecule has 2 aromatic carbocycles. The highest BCUT2D eigenvalue weighted by atomic mass is 35.5. The first-order valence-corrected chi connectivity index (χ1v) is 13.9. The molecule has 1 spiro atoms. The lowest BCUT2D eigenvalue weighted by Crippen LogP contribution is -2.57. The molecule has 0 aliphatic carbocycles. The Morgan fingerprint density at radius 2 is 1.54 bits per heavy atom. The molecule has 4 amide bonds. The fourth-order valence-electron chi connectivity index (χ4n) is 5.37. The lowest BCUT2D eigenvalue weighted by molar-refractivity contribution is -0.135. The summed E-state index contributed by atoms with van der Waals surface area (Å²) in [5.41, 5.74) is 1.49. The van der Waals surface area contributed by atoms with Crippen LogP contribution >= 0.6 is 12.4 Å². The van der Waals surface area contributed by atoms with E-state index in [9.17, 15) is 14.4 Å². The highest BCUT2D eigenvalue weighted by Crippen LogP contribution is 2.37. The quantitative estimate of drug-likeness (QED) is 0.298. The zero-order valence-corrected chi connectivity index (χ0v) is 23.7. The number of nitrogens with zero attached hydrogens (tertiary/aromatic N) is 3. The van der Waals surface area contributed by atoms with Crippen molar-refractivity contribution >= 4 is 30.4 Å². The number of amides is 4. The number of nitrogens with one attached hydrogen (secondary N) is 1. The van der Waals surface area contributed by atoms with E-state index in [-0.39, 0.29) is 31.0 Å². The monoisotopic (exact) mass is 556 g/mol. The van der Waals surface area contributed by atoms with Crippen molar-refractivity contribution in [2.24, 2.45) is 0 Å². The minimum Gasteiger partial charge on any atom is -0.445 e. The molecule has 0 aromatic heterocycles. The smallest absolute Gasteiger partial charge is 0.407 e. The van der Waals surface area contributed by atoms with E-state index in [4.69, 9.17) is 4.74 Å². The summed E-state index contributed by atoms with van der Waals surface area (Å²) in [4.78, 5) is 44.7. The van der Waals surface area contributed by atoms with Gasteiger partial charge in [0.25, 0.3) is 5.91 Å². The Kier molecular flexibility index (Phi) is 11.6. The summed E-state index contributed by atoms with van der Waals surface area (Å²) >= 11 is 0. The number of carbonyl (C=O) groups is 3. The number of alkyl carbamates (subject to hydrolysis) is 1. The van der Waals surface area contributed by atoms with Crippen molar-refractivity contribution in [2.45, 2.75) is 57.6 Å². The van der Waals surface area contributed by atoms with Gasteiger partial charge in [0.2, 0.25) is 0 Å². The minimum absolute atomic E-state index is 0. The van der Waals surface area contributed by atoms with Crippen LogP contribution in [0.1, 0.15) is 50.2 Å². The third-order valence-electron chi connectivity index (χ3n) is 7.64. The highest BCUT2D eigenvalue weighted by molar-refractivity contribution is 6.07. The number of likely N-dealkylation sites (tertiary alicyclic amines) is 1. The summed E-state index contributed by atoms with van der Waals surface area (Å²) in [6.07, 6.45) is 4.13. The number of halogens is 1. The van der Waals surface area contributed by atoms with Crippen molar-refractivity contribution in [1.82, 2.24) is 20.0 Å². The number of ether oxygens (including phenoxy) is 1. The molecule has 1 N–H and O–H groups in total. The molecule has 2 saturated heterocycles. The largest absolute Gasteiger partial charge is 0.445 e. The van der Waals surface area contributed by atoms with Crippen LogP contribution in [0.4, 0.5) is 9.59 Å². The molecule has 2 fully saturated rings. The average Bonchev–Trinajstić information content (AvgIpc) is 3.14. The van der Waals surface area contributed by atoms with Gasteiger partial charge in [0.1, 0.15) is 12.1 Å². The number of hydrogen-bond donors (Lipinski definition) is 1. The topological polar surface area (TPSA) is 82.2 Å². The van der Waals surface area contributed by atoms with Crippen LogP contribution in [0.3, 0.4) is 0 Å². The first-order valence-electron chi connectivity index (χ1n) is 13.9. The zero-order chi connectivity index (χ0) is 26.8. The fraction of sp³-hybridized carbons (Fsp3) is 0.500. The molecule has 0 atom stereocenters. The van der Waals surface area contributed by atoms with Gasteiger partial charge >= 0.3 is 12.1 Å². The number of benzene rings is 2. The summed E-state index contributed by atoms with van der Waals surface area (Å²) in [6.45, 7) is 6.08. The summed E-state index contributed by atoms with van der Waals surface area (Å²) in [7, 11) is 0.